The van der Waals surface area contributed by atoms with Crippen LogP contribution in [0.15, 0.2) is 42.7 Å². The lowest BCUT2D eigenvalue weighted by Gasteiger charge is -2.35. The minimum absolute atomic E-state index is 0.359. The van der Waals surface area contributed by atoms with Gasteiger partial charge in [0.2, 0.25) is 6.33 Å². The van der Waals surface area contributed by atoms with Gasteiger partial charge in [-0.2, -0.15) is 0 Å². The minimum atomic E-state index is 0.359. The van der Waals surface area contributed by atoms with Gasteiger partial charge in [-0.3, -0.25) is 0 Å². The van der Waals surface area contributed by atoms with Crippen molar-refractivity contribution in [3.63, 3.8) is 0 Å². The van der Waals surface area contributed by atoms with E-state index < -0.39 is 0 Å². The van der Waals surface area contributed by atoms with Crippen molar-refractivity contribution in [2.45, 2.75) is 80.2 Å². The number of aryl methyl sites for hydroxylation is 3. The van der Waals surface area contributed by atoms with Gasteiger partial charge < -0.3 is 4.74 Å². The Bertz CT molecular complexity index is 1030. The summed E-state index contributed by atoms with van der Waals surface area (Å²) < 4.78 is 11.2. The molecule has 2 aromatic carbocycles. The van der Waals surface area contributed by atoms with E-state index in [-0.39, 0.29) is 0 Å². The first-order valence-electron chi connectivity index (χ1n) is 12.0. The van der Waals surface area contributed by atoms with Crippen LogP contribution in [0.25, 0.3) is 11.0 Å². The molecule has 3 atom stereocenters. The first-order valence-corrected chi connectivity index (χ1v) is 12.0. The van der Waals surface area contributed by atoms with Crippen molar-refractivity contribution >= 4 is 11.0 Å². The Balaban J connectivity index is 1.57. The molecule has 31 heavy (non-hydrogen) atoms. The van der Waals surface area contributed by atoms with Crippen molar-refractivity contribution < 1.29 is 9.30 Å². The van der Waals surface area contributed by atoms with Crippen molar-refractivity contribution in [1.82, 2.24) is 4.57 Å². The lowest BCUT2D eigenvalue weighted by atomic mass is 9.76. The first-order chi connectivity index (χ1) is 14.8. The highest BCUT2D eigenvalue weighted by Crippen LogP contribution is 2.35. The lowest BCUT2D eigenvalue weighted by Crippen LogP contribution is -2.34. The minimum Gasteiger partial charge on any atom is -0.338 e. The number of imidazole rings is 1. The summed E-state index contributed by atoms with van der Waals surface area (Å²) in [6.07, 6.45) is 6.43. The van der Waals surface area contributed by atoms with E-state index in [2.05, 4.69) is 93.4 Å². The van der Waals surface area contributed by atoms with E-state index in [1.165, 1.54) is 52.5 Å². The van der Waals surface area contributed by atoms with Crippen molar-refractivity contribution in [3.05, 3.63) is 65.0 Å². The van der Waals surface area contributed by atoms with Gasteiger partial charge in [-0.1, -0.05) is 50.6 Å². The van der Waals surface area contributed by atoms with E-state index in [0.717, 1.165) is 18.4 Å². The molecule has 3 heteroatoms. The SMILES string of the molecule is Cc1cc(C)c(C[n+]2cn(CO[C@H]3C[C@H](C(C)C)CC[C@@H]3C)c3ccccc32)c(C)c1. The highest BCUT2D eigenvalue weighted by atomic mass is 16.5. The molecule has 166 valence electrons. The Morgan fingerprint density at radius 1 is 1.06 bits per heavy atom. The molecule has 0 aliphatic heterocycles. The average molecular weight is 420 g/mol. The van der Waals surface area contributed by atoms with Crippen molar-refractivity contribution in [1.29, 1.82) is 0 Å². The van der Waals surface area contributed by atoms with Gasteiger partial charge in [0.05, 0.1) is 6.10 Å². The highest BCUT2D eigenvalue weighted by Gasteiger charge is 2.30. The van der Waals surface area contributed by atoms with E-state index in [1.54, 1.807) is 0 Å². The van der Waals surface area contributed by atoms with E-state index in [9.17, 15) is 0 Å². The second kappa shape index (κ2) is 9.16. The predicted octanol–water partition coefficient (Wildman–Crippen LogP) is 6.34. The van der Waals surface area contributed by atoms with Crippen LogP contribution in [0.4, 0.5) is 0 Å². The number of aromatic nitrogens is 2. The van der Waals surface area contributed by atoms with Crippen molar-refractivity contribution in [2.24, 2.45) is 17.8 Å². The molecule has 0 unspecified atom stereocenters. The van der Waals surface area contributed by atoms with E-state index >= 15 is 0 Å². The molecule has 0 saturated heterocycles. The Morgan fingerprint density at radius 2 is 1.77 bits per heavy atom. The quantitative estimate of drug-likeness (QED) is 0.427. The smallest absolute Gasteiger partial charge is 0.246 e. The molecule has 4 rings (SSSR count). The summed E-state index contributed by atoms with van der Waals surface area (Å²) in [5, 5.41) is 0. The largest absolute Gasteiger partial charge is 0.338 e. The van der Waals surface area contributed by atoms with Crippen LogP contribution < -0.4 is 4.57 Å². The second-order valence-corrected chi connectivity index (χ2v) is 10.2. The van der Waals surface area contributed by atoms with Gasteiger partial charge in [0.15, 0.2) is 17.8 Å². The summed E-state index contributed by atoms with van der Waals surface area (Å²) in [5.41, 5.74) is 8.00. The number of nitrogens with zero attached hydrogens (tertiary/aromatic N) is 2. The number of rotatable bonds is 6. The zero-order valence-electron chi connectivity index (χ0n) is 20.2. The fraction of sp³-hybridized carbons (Fsp3) is 0.536. The summed E-state index contributed by atoms with van der Waals surface area (Å²) in [6.45, 7) is 15.2. The molecular formula is C28H39N2O+. The average Bonchev–Trinajstić information content (AvgIpc) is 3.07. The normalized spacial score (nSPS) is 21.8. The maximum Gasteiger partial charge on any atom is 0.246 e. The number of hydrogen-bond acceptors (Lipinski definition) is 1. The molecule has 0 bridgehead atoms. The third kappa shape index (κ3) is 4.72. The Morgan fingerprint density at radius 3 is 2.48 bits per heavy atom. The fourth-order valence-corrected chi connectivity index (χ4v) is 5.43. The van der Waals surface area contributed by atoms with Crippen LogP contribution >= 0.6 is 0 Å². The van der Waals surface area contributed by atoms with E-state index in [4.69, 9.17) is 4.74 Å². The van der Waals surface area contributed by atoms with Crippen LogP contribution in [0.3, 0.4) is 0 Å². The van der Waals surface area contributed by atoms with Crippen LogP contribution in [-0.2, 0) is 18.0 Å². The van der Waals surface area contributed by atoms with Gasteiger partial charge in [-0.25, -0.2) is 9.13 Å². The molecule has 0 amide bonds. The van der Waals surface area contributed by atoms with Gasteiger partial charge in [0.25, 0.3) is 0 Å². The van der Waals surface area contributed by atoms with Gasteiger partial charge in [-0.15, -0.1) is 0 Å². The van der Waals surface area contributed by atoms with Gasteiger partial charge in [-0.05, 0) is 86.6 Å². The van der Waals surface area contributed by atoms with Crippen molar-refractivity contribution in [3.8, 4) is 0 Å². The molecular weight excluding hydrogens is 380 g/mol. The van der Waals surface area contributed by atoms with Gasteiger partial charge in [0.1, 0.15) is 6.54 Å². The van der Waals surface area contributed by atoms with E-state index in [1.807, 2.05) is 0 Å². The summed E-state index contributed by atoms with van der Waals surface area (Å²) in [5.74, 6) is 2.18. The monoisotopic (exact) mass is 419 g/mol. The molecule has 1 fully saturated rings. The topological polar surface area (TPSA) is 18.0 Å². The predicted molar refractivity (Wildman–Crippen MR) is 128 cm³/mol. The molecule has 0 N–H and O–H groups in total. The fourth-order valence-electron chi connectivity index (χ4n) is 5.43. The third-order valence-electron chi connectivity index (χ3n) is 7.48. The molecule has 0 spiro atoms. The number of fused-ring (bicyclic) bond motifs is 1. The molecule has 0 radical (unpaired) electrons. The molecule has 1 aliphatic carbocycles. The lowest BCUT2D eigenvalue weighted by molar-refractivity contribution is -0.663. The van der Waals surface area contributed by atoms with Crippen LogP contribution in [0.1, 0.15) is 62.3 Å². The molecule has 1 aliphatic rings. The summed E-state index contributed by atoms with van der Waals surface area (Å²) in [7, 11) is 0. The summed E-state index contributed by atoms with van der Waals surface area (Å²) in [6, 6.07) is 13.3. The molecule has 1 saturated carbocycles. The Kier molecular flexibility index (Phi) is 6.52. The molecule has 3 aromatic rings. The summed E-state index contributed by atoms with van der Waals surface area (Å²) in [4.78, 5) is 0. The van der Waals surface area contributed by atoms with Crippen LogP contribution in [0.2, 0.25) is 0 Å². The summed E-state index contributed by atoms with van der Waals surface area (Å²) >= 11 is 0. The Labute approximate surface area is 188 Å². The van der Waals surface area contributed by atoms with Crippen molar-refractivity contribution in [2.75, 3.05) is 0 Å². The zero-order chi connectivity index (χ0) is 22.1. The third-order valence-corrected chi connectivity index (χ3v) is 7.48. The molecule has 1 heterocycles. The Hall–Kier alpha value is -2.13. The maximum atomic E-state index is 6.55. The highest BCUT2D eigenvalue weighted by molar-refractivity contribution is 5.71. The number of para-hydroxylation sites is 2. The zero-order valence-corrected chi connectivity index (χ0v) is 20.2. The number of ether oxygens (including phenoxy) is 1. The van der Waals surface area contributed by atoms with Gasteiger partial charge in [0, 0.05) is 0 Å². The van der Waals surface area contributed by atoms with Crippen LogP contribution in [-0.4, -0.2) is 10.7 Å². The van der Waals surface area contributed by atoms with Crippen LogP contribution in [0, 0.1) is 38.5 Å². The second-order valence-electron chi connectivity index (χ2n) is 10.2. The maximum absolute atomic E-state index is 6.55. The molecule has 3 nitrogen and oxygen atoms in total. The molecule has 1 aromatic heterocycles. The van der Waals surface area contributed by atoms with E-state index in [0.29, 0.717) is 18.8 Å². The first kappa shape index (κ1) is 22.1. The number of hydrogen-bond donors (Lipinski definition) is 0. The van der Waals surface area contributed by atoms with Gasteiger partial charge >= 0.3 is 0 Å². The standard InChI is InChI=1S/C28H39N2O/c1-19(2)24-12-11-21(4)28(15-24)31-18-30-17-29(26-9-7-8-10-27(26)30)16-25-22(5)13-20(3)14-23(25)6/h7-10,13-14,17,19,21,24,28H,11-12,15-16,18H2,1-6H3/q+1/t21-,24+,28-/m0/s1. The van der Waals surface area contributed by atoms with Crippen LogP contribution in [0.5, 0.6) is 0 Å². The number of benzene rings is 2.